The third kappa shape index (κ3) is 4.38. The summed E-state index contributed by atoms with van der Waals surface area (Å²) in [6, 6.07) is 8.92. The van der Waals surface area contributed by atoms with Crippen LogP contribution in [0.15, 0.2) is 47.5 Å². The molecule has 2 aromatic carbocycles. The van der Waals surface area contributed by atoms with Crippen molar-refractivity contribution in [3.05, 3.63) is 73.8 Å². The zero-order chi connectivity index (χ0) is 19.3. The van der Waals surface area contributed by atoms with E-state index < -0.39 is 39.0 Å². The average Bonchev–Trinajstić information content (AvgIpc) is 2.59. The first-order valence-corrected chi connectivity index (χ1v) is 7.25. The van der Waals surface area contributed by atoms with Crippen molar-refractivity contribution in [3.8, 4) is 5.75 Å². The number of phenolic OH excluding ortho intramolecular Hbond substituents is 1. The van der Waals surface area contributed by atoms with Crippen molar-refractivity contribution in [2.24, 2.45) is 4.99 Å². The van der Waals surface area contributed by atoms with Gasteiger partial charge in [-0.2, -0.15) is 0 Å². The topological polar surface area (TPSA) is 156 Å². The number of phenols is 1. The third-order valence-corrected chi connectivity index (χ3v) is 3.46. The molecule has 0 unspecified atom stereocenters. The van der Waals surface area contributed by atoms with Gasteiger partial charge in [0.15, 0.2) is 6.04 Å². The number of benzene rings is 2. The molecule has 26 heavy (non-hydrogen) atoms. The minimum atomic E-state index is -1.25. The number of aliphatic carboxylic acids is 1. The second kappa shape index (κ2) is 7.83. The standard InChI is InChI=1S/C16H13N3O7/c20-15-11(7-12(18(23)24)8-14(15)19(25)26)9-17-13(16(21)22)6-10-4-2-1-3-5-10/h1-5,7-9,13,20H,6H2,(H,21,22)/t13-/m0/s1. The normalized spacial score (nSPS) is 12.0. The minimum Gasteiger partial charge on any atom is -0.502 e. The smallest absolute Gasteiger partial charge is 0.328 e. The molecule has 0 saturated carbocycles. The van der Waals surface area contributed by atoms with E-state index in [4.69, 9.17) is 0 Å². The minimum absolute atomic E-state index is 0.0461. The number of non-ortho nitro benzene ring substituents is 1. The molecule has 0 spiro atoms. The molecule has 2 rings (SSSR count). The molecular formula is C16H13N3O7. The van der Waals surface area contributed by atoms with Crippen molar-refractivity contribution in [2.75, 3.05) is 0 Å². The molecule has 2 aromatic rings. The molecule has 10 heteroatoms. The van der Waals surface area contributed by atoms with E-state index in [1.54, 1.807) is 30.3 Å². The van der Waals surface area contributed by atoms with Crippen molar-refractivity contribution in [2.45, 2.75) is 12.5 Å². The van der Waals surface area contributed by atoms with Gasteiger partial charge in [0.1, 0.15) is 0 Å². The predicted octanol–water partition coefficient (Wildman–Crippen LogP) is 2.32. The number of carbonyl (C=O) groups is 1. The summed E-state index contributed by atoms with van der Waals surface area (Å²) in [5.74, 6) is -2.07. The molecule has 0 fully saturated rings. The Labute approximate surface area is 146 Å². The van der Waals surface area contributed by atoms with Crippen LogP contribution < -0.4 is 0 Å². The van der Waals surface area contributed by atoms with Crippen molar-refractivity contribution in [1.29, 1.82) is 0 Å². The maximum atomic E-state index is 11.4. The van der Waals surface area contributed by atoms with Gasteiger partial charge in [-0.25, -0.2) is 4.79 Å². The number of aromatic hydroxyl groups is 1. The maximum Gasteiger partial charge on any atom is 0.328 e. The zero-order valence-corrected chi connectivity index (χ0v) is 13.2. The summed E-state index contributed by atoms with van der Waals surface area (Å²) in [5.41, 5.74) is -1.10. The fourth-order valence-corrected chi connectivity index (χ4v) is 2.18. The molecule has 0 aliphatic rings. The van der Waals surface area contributed by atoms with E-state index in [1.807, 2.05) is 0 Å². The zero-order valence-electron chi connectivity index (χ0n) is 13.2. The van der Waals surface area contributed by atoms with Gasteiger partial charge >= 0.3 is 11.7 Å². The van der Waals surface area contributed by atoms with Gasteiger partial charge in [0, 0.05) is 24.3 Å². The van der Waals surface area contributed by atoms with Gasteiger partial charge in [-0.05, 0) is 5.56 Å². The van der Waals surface area contributed by atoms with Gasteiger partial charge in [-0.1, -0.05) is 30.3 Å². The van der Waals surface area contributed by atoms with Crippen LogP contribution in [0.25, 0.3) is 0 Å². The first-order valence-electron chi connectivity index (χ1n) is 7.25. The number of aliphatic imine (C=N–C) groups is 1. The number of carboxylic acids is 1. The Bertz CT molecular complexity index is 881. The van der Waals surface area contributed by atoms with Gasteiger partial charge in [-0.3, -0.25) is 25.2 Å². The largest absolute Gasteiger partial charge is 0.502 e. The second-order valence-corrected chi connectivity index (χ2v) is 5.24. The lowest BCUT2D eigenvalue weighted by molar-refractivity contribution is -0.394. The van der Waals surface area contributed by atoms with E-state index in [2.05, 4.69) is 4.99 Å². The monoisotopic (exact) mass is 359 g/mol. The summed E-state index contributed by atoms with van der Waals surface area (Å²) in [4.78, 5) is 35.2. The van der Waals surface area contributed by atoms with Gasteiger partial charge in [-0.15, -0.1) is 0 Å². The third-order valence-electron chi connectivity index (χ3n) is 3.46. The molecule has 0 aliphatic carbocycles. The lowest BCUT2D eigenvalue weighted by Gasteiger charge is -2.08. The van der Waals surface area contributed by atoms with Crippen LogP contribution in [0.2, 0.25) is 0 Å². The molecule has 2 N–H and O–H groups in total. The summed E-state index contributed by atoms with van der Waals surface area (Å²) < 4.78 is 0. The lowest BCUT2D eigenvalue weighted by atomic mass is 10.1. The molecule has 0 saturated heterocycles. The van der Waals surface area contributed by atoms with Crippen LogP contribution in [0.1, 0.15) is 11.1 Å². The average molecular weight is 359 g/mol. The first kappa shape index (κ1) is 18.5. The molecule has 0 aliphatic heterocycles. The van der Waals surface area contributed by atoms with E-state index >= 15 is 0 Å². The molecule has 134 valence electrons. The Balaban J connectivity index is 2.38. The van der Waals surface area contributed by atoms with E-state index in [0.717, 1.165) is 12.3 Å². The van der Waals surface area contributed by atoms with Crippen molar-refractivity contribution in [3.63, 3.8) is 0 Å². The molecule has 1 atom stereocenters. The summed E-state index contributed by atoms with van der Waals surface area (Å²) in [5, 5.41) is 41.0. The van der Waals surface area contributed by atoms with Gasteiger partial charge in [0.2, 0.25) is 5.75 Å². The Morgan fingerprint density at radius 3 is 2.35 bits per heavy atom. The van der Waals surface area contributed by atoms with Crippen LogP contribution in [0.5, 0.6) is 5.75 Å². The van der Waals surface area contributed by atoms with E-state index in [1.165, 1.54) is 0 Å². The second-order valence-electron chi connectivity index (χ2n) is 5.24. The SMILES string of the molecule is O=C(O)[C@H](Cc1ccccc1)N=Cc1cc([N+](=O)[O-])cc([N+](=O)[O-])c1O. The lowest BCUT2D eigenvalue weighted by Crippen LogP contribution is -2.21. The summed E-state index contributed by atoms with van der Waals surface area (Å²) >= 11 is 0. The highest BCUT2D eigenvalue weighted by Gasteiger charge is 2.24. The number of hydrogen-bond acceptors (Lipinski definition) is 7. The van der Waals surface area contributed by atoms with E-state index in [0.29, 0.717) is 11.6 Å². The van der Waals surface area contributed by atoms with Crippen LogP contribution >= 0.6 is 0 Å². The Morgan fingerprint density at radius 2 is 1.81 bits per heavy atom. The van der Waals surface area contributed by atoms with Crippen LogP contribution in [0, 0.1) is 20.2 Å². The maximum absolute atomic E-state index is 11.4. The van der Waals surface area contributed by atoms with Crippen LogP contribution in [0.3, 0.4) is 0 Å². The fraction of sp³-hybridized carbons (Fsp3) is 0.125. The van der Waals surface area contributed by atoms with Gasteiger partial charge in [0.25, 0.3) is 5.69 Å². The summed E-state index contributed by atoms with van der Waals surface area (Å²) in [7, 11) is 0. The van der Waals surface area contributed by atoms with Crippen LogP contribution in [0.4, 0.5) is 11.4 Å². The van der Waals surface area contributed by atoms with Gasteiger partial charge in [0.05, 0.1) is 15.9 Å². The quantitative estimate of drug-likeness (QED) is 0.436. The van der Waals surface area contributed by atoms with Crippen molar-refractivity contribution < 1.29 is 24.9 Å². The van der Waals surface area contributed by atoms with Crippen molar-refractivity contribution >= 4 is 23.6 Å². The number of rotatable bonds is 7. The van der Waals surface area contributed by atoms with Gasteiger partial charge < -0.3 is 10.2 Å². The Kier molecular flexibility index (Phi) is 5.58. The summed E-state index contributed by atoms with van der Waals surface area (Å²) in [6.45, 7) is 0. The molecule has 0 heterocycles. The molecular weight excluding hydrogens is 346 g/mol. The van der Waals surface area contributed by atoms with Crippen LogP contribution in [-0.2, 0) is 11.2 Å². The molecule has 0 aromatic heterocycles. The van der Waals surface area contributed by atoms with Crippen molar-refractivity contribution in [1.82, 2.24) is 0 Å². The molecule has 10 nitrogen and oxygen atoms in total. The Hall–Kier alpha value is -3.82. The van der Waals surface area contributed by atoms with Crippen LogP contribution in [-0.4, -0.2) is 38.3 Å². The molecule has 0 radical (unpaired) electrons. The first-order chi connectivity index (χ1) is 12.3. The number of carboxylic acid groups (broad SMARTS) is 1. The highest BCUT2D eigenvalue weighted by atomic mass is 16.6. The van der Waals surface area contributed by atoms with E-state index in [-0.39, 0.29) is 12.0 Å². The summed E-state index contributed by atoms with van der Waals surface area (Å²) in [6.07, 6.45) is 0.932. The van der Waals surface area contributed by atoms with E-state index in [9.17, 15) is 35.2 Å². The Morgan fingerprint density at radius 1 is 1.15 bits per heavy atom. The number of nitro groups is 2. The molecule has 0 amide bonds. The highest BCUT2D eigenvalue weighted by molar-refractivity contribution is 5.89. The number of nitro benzene ring substituents is 2. The molecule has 0 bridgehead atoms. The number of hydrogen-bond donors (Lipinski definition) is 2. The number of nitrogens with zero attached hydrogens (tertiary/aromatic N) is 3. The highest BCUT2D eigenvalue weighted by Crippen LogP contribution is 2.33. The fourth-order valence-electron chi connectivity index (χ4n) is 2.18. The predicted molar refractivity (Wildman–Crippen MR) is 90.6 cm³/mol.